The average molecular weight is 296 g/mol. The normalized spacial score (nSPS) is 10.5. The number of anilines is 1. The van der Waals surface area contributed by atoms with Gasteiger partial charge in [0.05, 0.1) is 19.7 Å². The fraction of sp³-hybridized carbons (Fsp3) is 0.118. The lowest BCUT2D eigenvalue weighted by Crippen LogP contribution is -2.12. The highest BCUT2D eigenvalue weighted by Crippen LogP contribution is 2.26. The highest BCUT2D eigenvalue weighted by molar-refractivity contribution is 6.06. The van der Waals surface area contributed by atoms with Crippen LogP contribution in [0, 0.1) is 0 Å². The number of methoxy groups -OCH3 is 2. The minimum atomic E-state index is -0.216. The molecule has 0 aliphatic rings. The summed E-state index contributed by atoms with van der Waals surface area (Å²) in [4.78, 5) is 15.5. The van der Waals surface area contributed by atoms with Crippen molar-refractivity contribution in [1.29, 1.82) is 0 Å². The number of carbonyl (C=O) groups excluding carboxylic acids is 1. The zero-order chi connectivity index (χ0) is 15.5. The molecule has 3 aromatic rings. The molecule has 0 aliphatic carbocycles. The smallest absolute Gasteiger partial charge is 0.272 e. The number of rotatable bonds is 4. The minimum Gasteiger partial charge on any atom is -0.497 e. The Bertz CT molecular complexity index is 824. The molecule has 2 aromatic carbocycles. The van der Waals surface area contributed by atoms with Gasteiger partial charge in [0.1, 0.15) is 17.2 Å². The molecule has 0 spiro atoms. The van der Waals surface area contributed by atoms with Crippen molar-refractivity contribution in [2.24, 2.45) is 0 Å². The Morgan fingerprint density at radius 2 is 1.86 bits per heavy atom. The molecule has 2 N–H and O–H groups in total. The highest BCUT2D eigenvalue weighted by Gasteiger charge is 2.12. The van der Waals surface area contributed by atoms with Crippen molar-refractivity contribution >= 4 is 22.5 Å². The molecule has 1 aromatic heterocycles. The standard InChI is InChI=1S/C17H16N2O3/c1-21-13-7-4-6-12(10-13)18-17(20)14-9-11-5-3-8-15(22-2)16(11)19-14/h3-10,19H,1-2H3,(H,18,20). The molecule has 0 bridgehead atoms. The predicted octanol–water partition coefficient (Wildman–Crippen LogP) is 3.44. The first-order valence-corrected chi connectivity index (χ1v) is 6.82. The molecule has 1 amide bonds. The van der Waals surface area contributed by atoms with E-state index >= 15 is 0 Å². The number of fused-ring (bicyclic) bond motifs is 1. The van der Waals surface area contributed by atoms with Gasteiger partial charge in [-0.2, -0.15) is 0 Å². The van der Waals surface area contributed by atoms with Gasteiger partial charge in [-0.25, -0.2) is 0 Å². The summed E-state index contributed by atoms with van der Waals surface area (Å²) in [7, 11) is 3.19. The van der Waals surface area contributed by atoms with E-state index in [1.54, 1.807) is 26.4 Å². The molecule has 22 heavy (non-hydrogen) atoms. The van der Waals surface area contributed by atoms with Gasteiger partial charge >= 0.3 is 0 Å². The van der Waals surface area contributed by atoms with Gasteiger partial charge < -0.3 is 19.8 Å². The average Bonchev–Trinajstić information content (AvgIpc) is 2.99. The van der Waals surface area contributed by atoms with E-state index in [1.807, 2.05) is 36.4 Å². The van der Waals surface area contributed by atoms with Gasteiger partial charge in [-0.1, -0.05) is 18.2 Å². The first-order chi connectivity index (χ1) is 10.7. The zero-order valence-corrected chi connectivity index (χ0v) is 12.3. The molecule has 0 saturated heterocycles. The Morgan fingerprint density at radius 3 is 2.64 bits per heavy atom. The van der Waals surface area contributed by atoms with Crippen LogP contribution >= 0.6 is 0 Å². The lowest BCUT2D eigenvalue weighted by atomic mass is 10.2. The van der Waals surface area contributed by atoms with Gasteiger partial charge in [0.25, 0.3) is 5.91 Å². The number of hydrogen-bond acceptors (Lipinski definition) is 3. The second-order valence-corrected chi connectivity index (χ2v) is 4.79. The summed E-state index contributed by atoms with van der Waals surface area (Å²) in [5, 5.41) is 3.77. The van der Waals surface area contributed by atoms with E-state index in [1.165, 1.54) is 0 Å². The van der Waals surface area contributed by atoms with Crippen LogP contribution in [0.3, 0.4) is 0 Å². The van der Waals surface area contributed by atoms with Crippen molar-refractivity contribution < 1.29 is 14.3 Å². The summed E-state index contributed by atoms with van der Waals surface area (Å²) in [6.45, 7) is 0. The number of amides is 1. The SMILES string of the molecule is COc1cccc(NC(=O)c2cc3cccc(OC)c3[nH]2)c1. The lowest BCUT2D eigenvalue weighted by molar-refractivity contribution is 0.102. The van der Waals surface area contributed by atoms with Crippen molar-refractivity contribution in [2.75, 3.05) is 19.5 Å². The van der Waals surface area contributed by atoms with Crippen LogP contribution in [0.25, 0.3) is 10.9 Å². The number of hydrogen-bond donors (Lipinski definition) is 2. The molecule has 5 nitrogen and oxygen atoms in total. The molecule has 3 rings (SSSR count). The summed E-state index contributed by atoms with van der Waals surface area (Å²) >= 11 is 0. The highest BCUT2D eigenvalue weighted by atomic mass is 16.5. The van der Waals surface area contributed by atoms with Crippen LogP contribution in [-0.4, -0.2) is 25.1 Å². The third-order valence-electron chi connectivity index (χ3n) is 3.41. The monoisotopic (exact) mass is 296 g/mol. The summed E-state index contributed by atoms with van der Waals surface area (Å²) in [6, 6.07) is 14.7. The molecule has 0 unspecified atom stereocenters. The summed E-state index contributed by atoms with van der Waals surface area (Å²) in [6.07, 6.45) is 0. The third kappa shape index (κ3) is 2.61. The Hall–Kier alpha value is -2.95. The van der Waals surface area contributed by atoms with Crippen LogP contribution in [0.1, 0.15) is 10.5 Å². The number of H-pyrrole nitrogens is 1. The zero-order valence-electron chi connectivity index (χ0n) is 12.3. The first-order valence-electron chi connectivity index (χ1n) is 6.82. The van der Waals surface area contributed by atoms with E-state index in [9.17, 15) is 4.79 Å². The molecule has 1 heterocycles. The predicted molar refractivity (Wildman–Crippen MR) is 85.8 cm³/mol. The van der Waals surface area contributed by atoms with Crippen LogP contribution in [0.2, 0.25) is 0 Å². The fourth-order valence-electron chi connectivity index (χ4n) is 2.32. The van der Waals surface area contributed by atoms with Gasteiger partial charge in [0.15, 0.2) is 0 Å². The summed E-state index contributed by atoms with van der Waals surface area (Å²) in [5.41, 5.74) is 1.96. The van der Waals surface area contributed by atoms with E-state index in [2.05, 4.69) is 10.3 Å². The van der Waals surface area contributed by atoms with E-state index < -0.39 is 0 Å². The molecule has 0 saturated carbocycles. The summed E-state index contributed by atoms with van der Waals surface area (Å²) in [5.74, 6) is 1.18. The Morgan fingerprint density at radius 1 is 1.05 bits per heavy atom. The molecular weight excluding hydrogens is 280 g/mol. The van der Waals surface area contributed by atoms with E-state index in [0.717, 1.165) is 10.9 Å². The molecule has 0 atom stereocenters. The molecule has 112 valence electrons. The number of benzene rings is 2. The van der Waals surface area contributed by atoms with Gasteiger partial charge in [-0.05, 0) is 24.3 Å². The molecule has 0 radical (unpaired) electrons. The van der Waals surface area contributed by atoms with Crippen molar-refractivity contribution in [3.8, 4) is 11.5 Å². The Labute approximate surface area is 127 Å². The number of para-hydroxylation sites is 1. The van der Waals surface area contributed by atoms with E-state index in [4.69, 9.17) is 9.47 Å². The van der Waals surface area contributed by atoms with Crippen molar-refractivity contribution in [3.05, 3.63) is 54.2 Å². The van der Waals surface area contributed by atoms with Crippen LogP contribution in [-0.2, 0) is 0 Å². The van der Waals surface area contributed by atoms with Crippen molar-refractivity contribution in [2.45, 2.75) is 0 Å². The van der Waals surface area contributed by atoms with Gasteiger partial charge in [0.2, 0.25) is 0 Å². The second kappa shape index (κ2) is 5.81. The van der Waals surface area contributed by atoms with Crippen LogP contribution in [0.15, 0.2) is 48.5 Å². The summed E-state index contributed by atoms with van der Waals surface area (Å²) < 4.78 is 10.4. The van der Waals surface area contributed by atoms with Crippen LogP contribution < -0.4 is 14.8 Å². The number of aromatic amines is 1. The van der Waals surface area contributed by atoms with E-state index in [-0.39, 0.29) is 5.91 Å². The fourth-order valence-corrected chi connectivity index (χ4v) is 2.32. The minimum absolute atomic E-state index is 0.216. The molecule has 0 aliphatic heterocycles. The molecule has 0 fully saturated rings. The first kappa shape index (κ1) is 14.0. The largest absolute Gasteiger partial charge is 0.497 e. The molecular formula is C17H16N2O3. The topological polar surface area (TPSA) is 63.4 Å². The van der Waals surface area contributed by atoms with Gasteiger partial charge in [-0.15, -0.1) is 0 Å². The number of aromatic nitrogens is 1. The quantitative estimate of drug-likeness (QED) is 0.775. The maximum atomic E-state index is 12.4. The Kier molecular flexibility index (Phi) is 3.70. The number of nitrogens with one attached hydrogen (secondary N) is 2. The van der Waals surface area contributed by atoms with Gasteiger partial charge in [-0.3, -0.25) is 4.79 Å². The van der Waals surface area contributed by atoms with Gasteiger partial charge in [0, 0.05) is 17.1 Å². The van der Waals surface area contributed by atoms with E-state index in [0.29, 0.717) is 22.9 Å². The van der Waals surface area contributed by atoms with Crippen LogP contribution in [0.5, 0.6) is 11.5 Å². The van der Waals surface area contributed by atoms with Crippen LogP contribution in [0.4, 0.5) is 5.69 Å². The van der Waals surface area contributed by atoms with Crippen molar-refractivity contribution in [1.82, 2.24) is 4.98 Å². The maximum absolute atomic E-state index is 12.4. The third-order valence-corrected chi connectivity index (χ3v) is 3.41. The Balaban J connectivity index is 1.88. The molecule has 5 heteroatoms. The second-order valence-electron chi connectivity index (χ2n) is 4.79. The maximum Gasteiger partial charge on any atom is 0.272 e. The number of carbonyl (C=O) groups is 1. The number of ether oxygens (including phenoxy) is 2. The lowest BCUT2D eigenvalue weighted by Gasteiger charge is -2.05. The van der Waals surface area contributed by atoms with Crippen molar-refractivity contribution in [3.63, 3.8) is 0 Å².